The zero-order chi connectivity index (χ0) is 21.9. The van der Waals surface area contributed by atoms with E-state index in [-0.39, 0.29) is 35.4 Å². The van der Waals surface area contributed by atoms with Crippen molar-refractivity contribution in [1.29, 1.82) is 0 Å². The Morgan fingerprint density at radius 1 is 1.27 bits per heavy atom. The summed E-state index contributed by atoms with van der Waals surface area (Å²) in [6.45, 7) is 1.34. The summed E-state index contributed by atoms with van der Waals surface area (Å²) in [5.41, 5.74) is -0.190. The maximum absolute atomic E-state index is 12.8. The number of hydrogen-bond donors (Lipinski definition) is 1. The average Bonchev–Trinajstić information content (AvgIpc) is 3.11. The van der Waals surface area contributed by atoms with Gasteiger partial charge < -0.3 is 14.6 Å². The summed E-state index contributed by atoms with van der Waals surface area (Å²) in [5.74, 6) is -0.830. The molecule has 1 aliphatic rings. The predicted octanol–water partition coefficient (Wildman–Crippen LogP) is 4.70. The van der Waals surface area contributed by atoms with Crippen molar-refractivity contribution in [2.45, 2.75) is 56.8 Å². The molecule has 1 heterocycles. The molecule has 1 amide bonds. The van der Waals surface area contributed by atoms with E-state index in [1.807, 2.05) is 0 Å². The number of carbonyl (C=O) groups excluding carboxylic acids is 2. The fourth-order valence-electron chi connectivity index (χ4n) is 3.52. The van der Waals surface area contributed by atoms with Crippen LogP contribution in [0.4, 0.5) is 13.2 Å². The SMILES string of the molecule is CC(=O)OC1CCCC(NC(=O)c2noc(-c3ccc(C(F)(F)F)cc3)c2CCl)C1. The molecule has 2 aromatic rings. The average molecular weight is 445 g/mol. The third kappa shape index (κ3) is 5.13. The number of ether oxygens (including phenoxy) is 1. The third-order valence-corrected chi connectivity index (χ3v) is 5.17. The van der Waals surface area contributed by atoms with Gasteiger partial charge in [-0.05, 0) is 31.4 Å². The first-order valence-corrected chi connectivity index (χ1v) is 9.92. The zero-order valence-corrected chi connectivity index (χ0v) is 16.8. The highest BCUT2D eigenvalue weighted by Crippen LogP contribution is 2.33. The minimum Gasteiger partial charge on any atom is -0.462 e. The number of rotatable bonds is 5. The molecule has 1 aromatic heterocycles. The van der Waals surface area contributed by atoms with E-state index in [1.54, 1.807) is 0 Å². The highest BCUT2D eigenvalue weighted by atomic mass is 35.5. The van der Waals surface area contributed by atoms with Crippen LogP contribution in [0.15, 0.2) is 28.8 Å². The number of carbonyl (C=O) groups is 2. The molecule has 0 radical (unpaired) electrons. The van der Waals surface area contributed by atoms with E-state index in [0.717, 1.165) is 31.4 Å². The lowest BCUT2D eigenvalue weighted by Crippen LogP contribution is -2.41. The van der Waals surface area contributed by atoms with E-state index >= 15 is 0 Å². The van der Waals surface area contributed by atoms with Gasteiger partial charge in [-0.3, -0.25) is 9.59 Å². The van der Waals surface area contributed by atoms with Crippen molar-refractivity contribution in [3.05, 3.63) is 41.1 Å². The number of aromatic nitrogens is 1. The molecule has 2 unspecified atom stereocenters. The van der Waals surface area contributed by atoms with Crippen LogP contribution in [0.5, 0.6) is 0 Å². The molecule has 1 N–H and O–H groups in total. The largest absolute Gasteiger partial charge is 0.462 e. The highest BCUT2D eigenvalue weighted by Gasteiger charge is 2.31. The van der Waals surface area contributed by atoms with Crippen molar-refractivity contribution in [1.82, 2.24) is 10.5 Å². The van der Waals surface area contributed by atoms with Gasteiger partial charge in [0.15, 0.2) is 11.5 Å². The number of nitrogens with zero attached hydrogens (tertiary/aromatic N) is 1. The van der Waals surface area contributed by atoms with Crippen LogP contribution in [0.1, 0.15) is 54.2 Å². The maximum Gasteiger partial charge on any atom is 0.416 e. The van der Waals surface area contributed by atoms with Gasteiger partial charge in [-0.15, -0.1) is 11.6 Å². The first-order valence-electron chi connectivity index (χ1n) is 9.39. The van der Waals surface area contributed by atoms with Crippen molar-refractivity contribution in [2.24, 2.45) is 0 Å². The van der Waals surface area contributed by atoms with E-state index < -0.39 is 17.6 Å². The van der Waals surface area contributed by atoms with E-state index in [4.69, 9.17) is 20.9 Å². The van der Waals surface area contributed by atoms with Crippen LogP contribution in [0.3, 0.4) is 0 Å². The molecule has 1 aliphatic carbocycles. The molecule has 0 aliphatic heterocycles. The van der Waals surface area contributed by atoms with E-state index in [9.17, 15) is 22.8 Å². The Morgan fingerprint density at radius 2 is 1.97 bits per heavy atom. The first-order chi connectivity index (χ1) is 14.2. The Morgan fingerprint density at radius 3 is 2.57 bits per heavy atom. The quantitative estimate of drug-likeness (QED) is 0.534. The number of hydrogen-bond acceptors (Lipinski definition) is 5. The van der Waals surface area contributed by atoms with E-state index in [0.29, 0.717) is 17.5 Å². The molecular formula is C20H20ClF3N2O4. The summed E-state index contributed by atoms with van der Waals surface area (Å²) in [5, 5.41) is 6.64. The number of alkyl halides is 4. The van der Waals surface area contributed by atoms with Gasteiger partial charge in [0.05, 0.1) is 11.4 Å². The Labute approximate surface area is 175 Å². The number of esters is 1. The predicted molar refractivity (Wildman–Crippen MR) is 102 cm³/mol. The van der Waals surface area contributed by atoms with Crippen molar-refractivity contribution in [3.8, 4) is 11.3 Å². The molecule has 0 saturated heterocycles. The van der Waals surface area contributed by atoms with Crippen molar-refractivity contribution >= 4 is 23.5 Å². The molecule has 10 heteroatoms. The summed E-state index contributed by atoms with van der Waals surface area (Å²) in [7, 11) is 0. The second kappa shape index (κ2) is 9.07. The fourth-order valence-corrected chi connectivity index (χ4v) is 3.77. The van der Waals surface area contributed by atoms with Crippen LogP contribution in [0.25, 0.3) is 11.3 Å². The molecule has 0 spiro atoms. The normalized spacial score (nSPS) is 19.4. The Hall–Kier alpha value is -2.55. The Kier molecular flexibility index (Phi) is 6.70. The van der Waals surface area contributed by atoms with Crippen LogP contribution in [0.2, 0.25) is 0 Å². The summed E-state index contributed by atoms with van der Waals surface area (Å²) >= 11 is 5.98. The smallest absolute Gasteiger partial charge is 0.416 e. The molecule has 1 aromatic carbocycles. The minimum absolute atomic E-state index is 0.0190. The van der Waals surface area contributed by atoms with Gasteiger partial charge >= 0.3 is 12.1 Å². The van der Waals surface area contributed by atoms with Gasteiger partial charge in [0.1, 0.15) is 6.10 Å². The van der Waals surface area contributed by atoms with Gasteiger partial charge in [0.25, 0.3) is 5.91 Å². The second-order valence-electron chi connectivity index (χ2n) is 7.12. The van der Waals surface area contributed by atoms with Gasteiger partial charge in [-0.2, -0.15) is 13.2 Å². The van der Waals surface area contributed by atoms with Gasteiger partial charge in [-0.1, -0.05) is 17.3 Å². The van der Waals surface area contributed by atoms with Gasteiger partial charge in [0.2, 0.25) is 0 Å². The van der Waals surface area contributed by atoms with Crippen LogP contribution in [-0.4, -0.2) is 29.2 Å². The summed E-state index contributed by atoms with van der Waals surface area (Å²) in [6.07, 6.45) is -1.96. The van der Waals surface area contributed by atoms with Crippen molar-refractivity contribution in [2.75, 3.05) is 0 Å². The van der Waals surface area contributed by atoms with Crippen LogP contribution >= 0.6 is 11.6 Å². The molecular weight excluding hydrogens is 425 g/mol. The molecule has 162 valence electrons. The molecule has 2 atom stereocenters. The Balaban J connectivity index is 1.75. The molecule has 0 bridgehead atoms. The van der Waals surface area contributed by atoms with E-state index in [2.05, 4.69) is 10.5 Å². The topological polar surface area (TPSA) is 81.4 Å². The van der Waals surface area contributed by atoms with Crippen LogP contribution < -0.4 is 5.32 Å². The monoisotopic (exact) mass is 444 g/mol. The lowest BCUT2D eigenvalue weighted by molar-refractivity contribution is -0.148. The van der Waals surface area contributed by atoms with Crippen LogP contribution in [0, 0.1) is 0 Å². The molecule has 30 heavy (non-hydrogen) atoms. The lowest BCUT2D eigenvalue weighted by Gasteiger charge is -2.29. The number of benzene rings is 1. The number of amides is 1. The fraction of sp³-hybridized carbons (Fsp3) is 0.450. The summed E-state index contributed by atoms with van der Waals surface area (Å²) < 4.78 is 48.7. The molecule has 1 saturated carbocycles. The molecule has 1 fully saturated rings. The molecule has 3 rings (SSSR count). The van der Waals surface area contributed by atoms with Gasteiger partial charge in [-0.25, -0.2) is 0 Å². The lowest BCUT2D eigenvalue weighted by atomic mass is 9.92. The van der Waals surface area contributed by atoms with E-state index in [1.165, 1.54) is 19.1 Å². The molecule has 6 nitrogen and oxygen atoms in total. The number of nitrogens with one attached hydrogen (secondary N) is 1. The zero-order valence-electron chi connectivity index (χ0n) is 16.1. The summed E-state index contributed by atoms with van der Waals surface area (Å²) in [4.78, 5) is 23.9. The summed E-state index contributed by atoms with van der Waals surface area (Å²) in [6, 6.07) is 4.13. The Bertz CT molecular complexity index is 912. The number of halogens is 4. The van der Waals surface area contributed by atoms with Crippen molar-refractivity contribution in [3.63, 3.8) is 0 Å². The van der Waals surface area contributed by atoms with Crippen LogP contribution in [-0.2, 0) is 21.6 Å². The second-order valence-corrected chi connectivity index (χ2v) is 7.38. The van der Waals surface area contributed by atoms with Gasteiger partial charge in [0, 0.05) is 30.5 Å². The minimum atomic E-state index is -4.45. The first kappa shape index (κ1) is 22.1. The third-order valence-electron chi connectivity index (χ3n) is 4.91. The standard InChI is InChI=1S/C20H20ClF3N2O4/c1-11(27)29-15-4-2-3-14(9-15)25-19(28)17-16(10-21)18(30-26-17)12-5-7-13(8-6-12)20(22,23)24/h5-8,14-15H,2-4,9-10H2,1H3,(H,25,28). The highest BCUT2D eigenvalue weighted by molar-refractivity contribution is 6.18. The maximum atomic E-state index is 12.8. The van der Waals surface area contributed by atoms with Crippen molar-refractivity contribution < 1.29 is 32.0 Å².